The lowest BCUT2D eigenvalue weighted by Crippen LogP contribution is -2.22. The number of hydrogen-bond acceptors (Lipinski definition) is 2. The first kappa shape index (κ1) is 13.5. The fourth-order valence-electron chi connectivity index (χ4n) is 1.21. The van der Waals surface area contributed by atoms with Crippen molar-refractivity contribution in [1.82, 2.24) is 5.48 Å². The third-order valence-corrected chi connectivity index (χ3v) is 2.06. The van der Waals surface area contributed by atoms with E-state index in [0.717, 1.165) is 12.1 Å². The van der Waals surface area contributed by atoms with Gasteiger partial charge in [0.1, 0.15) is 6.10 Å². The van der Waals surface area contributed by atoms with E-state index < -0.39 is 23.8 Å². The van der Waals surface area contributed by atoms with Crippen molar-refractivity contribution in [3.8, 4) is 0 Å². The first-order valence-corrected chi connectivity index (χ1v) is 4.90. The van der Waals surface area contributed by atoms with E-state index >= 15 is 0 Å². The number of rotatable bonds is 3. The van der Waals surface area contributed by atoms with Crippen molar-refractivity contribution in [2.75, 3.05) is 0 Å². The average Bonchev–Trinajstić information content (AvgIpc) is 2.25. The smallest absolute Gasteiger partial charge is 0.273 e. The summed E-state index contributed by atoms with van der Waals surface area (Å²) in [5, 5.41) is 0. The molecule has 1 unspecified atom stereocenters. The lowest BCUT2D eigenvalue weighted by atomic mass is 10.1. The highest BCUT2D eigenvalue weighted by atomic mass is 19.4. The number of hydrogen-bond donors (Lipinski definition) is 1. The van der Waals surface area contributed by atoms with E-state index in [1.165, 1.54) is 19.1 Å². The molecule has 1 rings (SSSR count). The maximum absolute atomic E-state index is 12.4. The Morgan fingerprint density at radius 1 is 1.41 bits per heavy atom. The predicted molar refractivity (Wildman–Crippen MR) is 54.8 cm³/mol. The Morgan fingerprint density at radius 2 is 2.06 bits per heavy atom. The summed E-state index contributed by atoms with van der Waals surface area (Å²) in [4.78, 5) is 15.5. The molecular weight excluding hydrogens is 235 g/mol. The molecule has 1 amide bonds. The summed E-state index contributed by atoms with van der Waals surface area (Å²) in [7, 11) is 0. The average molecular weight is 247 g/mol. The van der Waals surface area contributed by atoms with Gasteiger partial charge in [-0.2, -0.15) is 13.2 Å². The quantitative estimate of drug-likeness (QED) is 0.834. The van der Waals surface area contributed by atoms with E-state index in [0.29, 0.717) is 5.56 Å². The number of alkyl halides is 3. The lowest BCUT2D eigenvalue weighted by molar-refractivity contribution is -0.139. The maximum Gasteiger partial charge on any atom is 0.416 e. The zero-order valence-electron chi connectivity index (χ0n) is 9.34. The highest BCUT2D eigenvalue weighted by Crippen LogP contribution is 2.31. The van der Waals surface area contributed by atoms with Gasteiger partial charge in [-0.05, 0) is 24.6 Å². The molecule has 1 N–H and O–H groups in total. The van der Waals surface area contributed by atoms with Crippen molar-refractivity contribution >= 4 is 5.91 Å². The van der Waals surface area contributed by atoms with Crippen LogP contribution in [0.3, 0.4) is 0 Å². The molecule has 1 atom stereocenters. The molecule has 0 bridgehead atoms. The molecular formula is C11H12F3NO2. The first-order valence-electron chi connectivity index (χ1n) is 4.90. The van der Waals surface area contributed by atoms with E-state index in [4.69, 9.17) is 4.84 Å². The van der Waals surface area contributed by atoms with Crippen LogP contribution in [0.2, 0.25) is 0 Å². The van der Waals surface area contributed by atoms with Crippen LogP contribution in [0.4, 0.5) is 13.2 Å². The zero-order chi connectivity index (χ0) is 13.1. The maximum atomic E-state index is 12.4. The number of halogens is 3. The minimum Gasteiger partial charge on any atom is -0.273 e. The molecule has 0 saturated carbocycles. The molecule has 94 valence electrons. The summed E-state index contributed by atoms with van der Waals surface area (Å²) < 4.78 is 37.3. The topological polar surface area (TPSA) is 38.3 Å². The summed E-state index contributed by atoms with van der Waals surface area (Å²) in [6.45, 7) is 2.80. The summed E-state index contributed by atoms with van der Waals surface area (Å²) in [6.07, 6.45) is -5.04. The van der Waals surface area contributed by atoms with Crippen molar-refractivity contribution in [3.63, 3.8) is 0 Å². The van der Waals surface area contributed by atoms with E-state index in [2.05, 4.69) is 5.48 Å². The molecule has 0 saturated heterocycles. The summed E-state index contributed by atoms with van der Waals surface area (Å²) >= 11 is 0. The van der Waals surface area contributed by atoms with Crippen LogP contribution in [0.15, 0.2) is 24.3 Å². The van der Waals surface area contributed by atoms with Crippen LogP contribution in [0, 0.1) is 0 Å². The van der Waals surface area contributed by atoms with Gasteiger partial charge in [0.2, 0.25) is 5.91 Å². The molecule has 0 heterocycles. The Balaban J connectivity index is 2.81. The van der Waals surface area contributed by atoms with Crippen LogP contribution in [0.25, 0.3) is 0 Å². The minimum atomic E-state index is -4.39. The molecule has 17 heavy (non-hydrogen) atoms. The van der Waals surface area contributed by atoms with Gasteiger partial charge in [-0.3, -0.25) is 9.63 Å². The van der Waals surface area contributed by atoms with Gasteiger partial charge in [-0.15, -0.1) is 0 Å². The highest BCUT2D eigenvalue weighted by molar-refractivity contribution is 5.71. The van der Waals surface area contributed by atoms with Crippen molar-refractivity contribution in [3.05, 3.63) is 35.4 Å². The van der Waals surface area contributed by atoms with Gasteiger partial charge in [0.05, 0.1) is 5.56 Å². The van der Waals surface area contributed by atoms with E-state index in [1.807, 2.05) is 0 Å². The normalized spacial score (nSPS) is 13.2. The second-order valence-corrected chi connectivity index (χ2v) is 3.54. The van der Waals surface area contributed by atoms with Crippen molar-refractivity contribution in [1.29, 1.82) is 0 Å². The number of carbonyl (C=O) groups excluding carboxylic acids is 1. The van der Waals surface area contributed by atoms with Crippen LogP contribution in [-0.4, -0.2) is 5.91 Å². The molecule has 0 aliphatic rings. The fraction of sp³-hybridized carbons (Fsp3) is 0.364. The molecule has 0 aliphatic carbocycles. The molecule has 1 aromatic carbocycles. The van der Waals surface area contributed by atoms with E-state index in [9.17, 15) is 18.0 Å². The summed E-state index contributed by atoms with van der Waals surface area (Å²) in [5.74, 6) is -0.413. The van der Waals surface area contributed by atoms with Gasteiger partial charge in [0.15, 0.2) is 0 Å². The van der Waals surface area contributed by atoms with Crippen LogP contribution in [0.1, 0.15) is 31.1 Å². The summed E-state index contributed by atoms with van der Waals surface area (Å²) in [6, 6.07) is 4.77. The summed E-state index contributed by atoms with van der Waals surface area (Å²) in [5.41, 5.74) is 1.68. The van der Waals surface area contributed by atoms with Gasteiger partial charge >= 0.3 is 6.18 Å². The number of nitrogens with one attached hydrogen (secondary N) is 1. The Bertz CT molecular complexity index is 404. The zero-order valence-corrected chi connectivity index (χ0v) is 9.34. The minimum absolute atomic E-state index is 0.341. The van der Waals surface area contributed by atoms with Gasteiger partial charge in [-0.25, -0.2) is 5.48 Å². The lowest BCUT2D eigenvalue weighted by Gasteiger charge is -2.14. The number of carbonyl (C=O) groups is 1. The second kappa shape index (κ2) is 5.18. The number of benzene rings is 1. The Hall–Kier alpha value is -1.56. The van der Waals surface area contributed by atoms with E-state index in [-0.39, 0.29) is 0 Å². The molecule has 0 fully saturated rings. The van der Waals surface area contributed by atoms with Crippen LogP contribution >= 0.6 is 0 Å². The van der Waals surface area contributed by atoms with Gasteiger partial charge in [0, 0.05) is 6.92 Å². The SMILES string of the molecule is CC(=O)NOC(C)c1cccc(C(F)(F)F)c1. The molecule has 0 spiro atoms. The first-order chi connectivity index (χ1) is 7.80. The Morgan fingerprint density at radius 3 is 2.59 bits per heavy atom. The van der Waals surface area contributed by atoms with Gasteiger partial charge in [0.25, 0.3) is 0 Å². The molecule has 1 aromatic rings. The molecule has 0 aromatic heterocycles. The van der Waals surface area contributed by atoms with Crippen molar-refractivity contribution < 1.29 is 22.8 Å². The predicted octanol–water partition coefficient (Wildman–Crippen LogP) is 2.83. The Kier molecular flexibility index (Phi) is 4.11. The molecule has 0 aliphatic heterocycles. The fourth-order valence-corrected chi connectivity index (χ4v) is 1.21. The highest BCUT2D eigenvalue weighted by Gasteiger charge is 2.30. The van der Waals surface area contributed by atoms with Gasteiger partial charge < -0.3 is 0 Å². The van der Waals surface area contributed by atoms with Crippen molar-refractivity contribution in [2.24, 2.45) is 0 Å². The number of hydroxylamine groups is 1. The molecule has 3 nitrogen and oxygen atoms in total. The monoisotopic (exact) mass is 247 g/mol. The van der Waals surface area contributed by atoms with E-state index in [1.54, 1.807) is 6.92 Å². The largest absolute Gasteiger partial charge is 0.416 e. The third kappa shape index (κ3) is 4.07. The van der Waals surface area contributed by atoms with Crippen LogP contribution in [-0.2, 0) is 15.8 Å². The van der Waals surface area contributed by atoms with Crippen molar-refractivity contribution in [2.45, 2.75) is 26.1 Å². The molecule has 0 radical (unpaired) electrons. The number of amides is 1. The van der Waals surface area contributed by atoms with Gasteiger partial charge in [-0.1, -0.05) is 12.1 Å². The standard InChI is InChI=1S/C11H12F3NO2/c1-7(17-15-8(2)16)9-4-3-5-10(6-9)11(12,13)14/h3-7H,1-2H3,(H,15,16). The molecule has 6 heteroatoms. The second-order valence-electron chi connectivity index (χ2n) is 3.54. The van der Waals surface area contributed by atoms with Crippen LogP contribution in [0.5, 0.6) is 0 Å². The third-order valence-electron chi connectivity index (χ3n) is 2.06. The van der Waals surface area contributed by atoms with Crippen LogP contribution < -0.4 is 5.48 Å². The Labute approximate surface area is 96.5 Å².